The topological polar surface area (TPSA) is 29.1 Å². The van der Waals surface area contributed by atoms with Crippen LogP contribution in [0.2, 0.25) is 0 Å². The molecule has 3 unspecified atom stereocenters. The molecule has 1 fully saturated rings. The van der Waals surface area contributed by atoms with Crippen LogP contribution < -0.4 is 5.32 Å². The first kappa shape index (κ1) is 15.5. The van der Waals surface area contributed by atoms with Crippen LogP contribution in [0.1, 0.15) is 67.2 Å². The van der Waals surface area contributed by atoms with Crippen molar-refractivity contribution in [2.24, 2.45) is 23.7 Å². The average molecular weight is 253 g/mol. The van der Waals surface area contributed by atoms with Crippen molar-refractivity contribution in [2.45, 2.75) is 72.8 Å². The number of nitrogens with one attached hydrogen (secondary N) is 1. The van der Waals surface area contributed by atoms with E-state index in [0.717, 1.165) is 12.8 Å². The molecule has 1 saturated carbocycles. The lowest BCUT2D eigenvalue weighted by Crippen LogP contribution is -2.49. The van der Waals surface area contributed by atoms with Crippen LogP contribution in [0.3, 0.4) is 0 Å². The summed E-state index contributed by atoms with van der Waals surface area (Å²) in [7, 11) is 0. The monoisotopic (exact) mass is 253 g/mol. The zero-order valence-corrected chi connectivity index (χ0v) is 13.0. The van der Waals surface area contributed by atoms with Crippen LogP contribution in [-0.4, -0.2) is 11.4 Å². The van der Waals surface area contributed by atoms with Gasteiger partial charge in [-0.3, -0.25) is 4.79 Å². The second-order valence-corrected chi connectivity index (χ2v) is 7.16. The van der Waals surface area contributed by atoms with Crippen molar-refractivity contribution in [3.63, 3.8) is 0 Å². The average Bonchev–Trinajstić information content (AvgIpc) is 2.28. The Hall–Kier alpha value is -0.530. The van der Waals surface area contributed by atoms with E-state index in [2.05, 4.69) is 46.9 Å². The Morgan fingerprint density at radius 1 is 1.33 bits per heavy atom. The molecule has 1 N–H and O–H groups in total. The molecule has 0 aromatic carbocycles. The maximum absolute atomic E-state index is 12.5. The van der Waals surface area contributed by atoms with E-state index in [-0.39, 0.29) is 17.4 Å². The fraction of sp³-hybridized carbons (Fsp3) is 0.938. The van der Waals surface area contributed by atoms with Crippen LogP contribution in [0.5, 0.6) is 0 Å². The van der Waals surface area contributed by atoms with Crippen LogP contribution >= 0.6 is 0 Å². The summed E-state index contributed by atoms with van der Waals surface area (Å²) < 4.78 is 0. The zero-order valence-electron chi connectivity index (χ0n) is 13.0. The maximum atomic E-state index is 12.5. The Morgan fingerprint density at radius 2 is 1.94 bits per heavy atom. The number of rotatable bonds is 4. The van der Waals surface area contributed by atoms with Gasteiger partial charge in [-0.1, -0.05) is 34.1 Å². The van der Waals surface area contributed by atoms with Crippen molar-refractivity contribution < 1.29 is 4.79 Å². The van der Waals surface area contributed by atoms with Crippen LogP contribution in [0.25, 0.3) is 0 Å². The Bertz CT molecular complexity index is 283. The number of carbonyl (C=O) groups excluding carboxylic acids is 1. The summed E-state index contributed by atoms with van der Waals surface area (Å²) in [6.07, 6.45) is 4.54. The third-order valence-electron chi connectivity index (χ3n) is 4.70. The van der Waals surface area contributed by atoms with Crippen LogP contribution in [0.15, 0.2) is 0 Å². The number of carbonyl (C=O) groups is 1. The van der Waals surface area contributed by atoms with Gasteiger partial charge < -0.3 is 5.32 Å². The summed E-state index contributed by atoms with van der Waals surface area (Å²) >= 11 is 0. The van der Waals surface area contributed by atoms with Crippen LogP contribution in [0, 0.1) is 23.7 Å². The third kappa shape index (κ3) is 4.00. The predicted octanol–water partition coefficient (Wildman–Crippen LogP) is 4.00. The highest BCUT2D eigenvalue weighted by Gasteiger charge is 2.36. The summed E-state index contributed by atoms with van der Waals surface area (Å²) in [5, 5.41) is 3.24. The predicted molar refractivity (Wildman–Crippen MR) is 77.3 cm³/mol. The molecule has 0 aromatic rings. The Kier molecular flexibility index (Phi) is 5.24. The molecule has 1 amide bonds. The second kappa shape index (κ2) is 6.08. The third-order valence-corrected chi connectivity index (χ3v) is 4.70. The Morgan fingerprint density at radius 3 is 2.44 bits per heavy atom. The van der Waals surface area contributed by atoms with Gasteiger partial charge in [0.2, 0.25) is 5.91 Å². The van der Waals surface area contributed by atoms with E-state index in [0.29, 0.717) is 17.8 Å². The molecule has 3 atom stereocenters. The molecule has 1 rings (SSSR count). The SMILES string of the molecule is CCC(C)(C)NC(=O)C1CC(C)CCC1C(C)C. The summed E-state index contributed by atoms with van der Waals surface area (Å²) in [5.74, 6) is 2.37. The highest BCUT2D eigenvalue weighted by atomic mass is 16.2. The normalized spacial score (nSPS) is 29.4. The molecule has 0 aliphatic heterocycles. The van der Waals surface area contributed by atoms with E-state index in [4.69, 9.17) is 0 Å². The first-order chi connectivity index (χ1) is 8.26. The molecule has 1 aliphatic rings. The van der Waals surface area contributed by atoms with Gasteiger partial charge in [0.15, 0.2) is 0 Å². The number of hydrogen-bond donors (Lipinski definition) is 1. The van der Waals surface area contributed by atoms with Gasteiger partial charge in [-0.05, 0) is 50.9 Å². The first-order valence-electron chi connectivity index (χ1n) is 7.59. The molecular formula is C16H31NO. The number of amides is 1. The van der Waals surface area contributed by atoms with Crippen molar-refractivity contribution in [2.75, 3.05) is 0 Å². The summed E-state index contributed by atoms with van der Waals surface area (Å²) in [4.78, 5) is 12.5. The van der Waals surface area contributed by atoms with Crippen molar-refractivity contribution in [3.05, 3.63) is 0 Å². The largest absolute Gasteiger partial charge is 0.351 e. The molecule has 0 aromatic heterocycles. The molecule has 2 nitrogen and oxygen atoms in total. The molecule has 0 radical (unpaired) electrons. The van der Waals surface area contributed by atoms with Crippen molar-refractivity contribution in [3.8, 4) is 0 Å². The Balaban J connectivity index is 2.73. The summed E-state index contributed by atoms with van der Waals surface area (Å²) in [5.41, 5.74) is -0.0701. The van der Waals surface area contributed by atoms with E-state index in [1.54, 1.807) is 0 Å². The molecule has 106 valence electrons. The van der Waals surface area contributed by atoms with Crippen molar-refractivity contribution in [1.82, 2.24) is 5.32 Å². The lowest BCUT2D eigenvalue weighted by atomic mass is 9.69. The molecule has 0 saturated heterocycles. The van der Waals surface area contributed by atoms with E-state index < -0.39 is 0 Å². The van der Waals surface area contributed by atoms with Crippen LogP contribution in [0.4, 0.5) is 0 Å². The molecule has 1 aliphatic carbocycles. The van der Waals surface area contributed by atoms with Gasteiger partial charge in [0.25, 0.3) is 0 Å². The van der Waals surface area contributed by atoms with Gasteiger partial charge in [-0.15, -0.1) is 0 Å². The summed E-state index contributed by atoms with van der Waals surface area (Å²) in [6, 6.07) is 0. The first-order valence-corrected chi connectivity index (χ1v) is 7.59. The minimum Gasteiger partial charge on any atom is -0.351 e. The zero-order chi connectivity index (χ0) is 13.9. The molecular weight excluding hydrogens is 222 g/mol. The molecule has 0 spiro atoms. The van der Waals surface area contributed by atoms with Crippen LogP contribution in [-0.2, 0) is 4.79 Å². The minimum atomic E-state index is -0.0701. The maximum Gasteiger partial charge on any atom is 0.223 e. The van der Waals surface area contributed by atoms with Crippen molar-refractivity contribution in [1.29, 1.82) is 0 Å². The Labute approximate surface area is 113 Å². The molecule has 0 bridgehead atoms. The van der Waals surface area contributed by atoms with Crippen molar-refractivity contribution >= 4 is 5.91 Å². The van der Waals surface area contributed by atoms with Gasteiger partial charge in [0, 0.05) is 11.5 Å². The van der Waals surface area contributed by atoms with Gasteiger partial charge in [0.1, 0.15) is 0 Å². The van der Waals surface area contributed by atoms with Gasteiger partial charge in [-0.25, -0.2) is 0 Å². The van der Waals surface area contributed by atoms with E-state index in [1.807, 2.05) is 0 Å². The lowest BCUT2D eigenvalue weighted by molar-refractivity contribution is -0.131. The molecule has 18 heavy (non-hydrogen) atoms. The van der Waals surface area contributed by atoms with E-state index in [9.17, 15) is 4.79 Å². The molecule has 0 heterocycles. The fourth-order valence-corrected chi connectivity index (χ4v) is 3.02. The highest BCUT2D eigenvalue weighted by molar-refractivity contribution is 5.79. The summed E-state index contributed by atoms with van der Waals surface area (Å²) in [6.45, 7) is 13.1. The molecule has 2 heteroatoms. The van der Waals surface area contributed by atoms with E-state index in [1.165, 1.54) is 12.8 Å². The quantitative estimate of drug-likeness (QED) is 0.806. The minimum absolute atomic E-state index is 0.0701. The standard InChI is InChI=1S/C16H31NO/c1-7-16(5,6)17-15(18)14-10-12(4)8-9-13(14)11(2)3/h11-14H,7-10H2,1-6H3,(H,17,18). The fourth-order valence-electron chi connectivity index (χ4n) is 3.02. The second-order valence-electron chi connectivity index (χ2n) is 7.16. The number of hydrogen-bond acceptors (Lipinski definition) is 1. The smallest absolute Gasteiger partial charge is 0.223 e. The van der Waals surface area contributed by atoms with Gasteiger partial charge in [-0.2, -0.15) is 0 Å². The van der Waals surface area contributed by atoms with E-state index >= 15 is 0 Å². The lowest BCUT2D eigenvalue weighted by Gasteiger charge is -2.38. The highest BCUT2D eigenvalue weighted by Crippen LogP contribution is 2.38. The van der Waals surface area contributed by atoms with Gasteiger partial charge in [0.05, 0.1) is 0 Å². The van der Waals surface area contributed by atoms with Gasteiger partial charge >= 0.3 is 0 Å².